The SMILES string of the molecule is CCC(C)(C)C(=O)OC1C2CC3C(=O)OC1C3O2.CCC(C)(C)C(=O)OC1CCC2CC1OC2=O.CCC(C)(C)C(=O)OCC(=O)OC1C2CC3C(=O)OC1C3O2.CCC(C)(C)C(=O)OCC(=O)OC1CCC2CC1OC2=O. The van der Waals surface area contributed by atoms with Gasteiger partial charge in [-0.25, -0.2) is 9.59 Å². The molecule has 0 N–H and O–H groups in total. The van der Waals surface area contributed by atoms with Crippen LogP contribution in [-0.2, 0) is 105 Å². The van der Waals surface area contributed by atoms with Crippen molar-refractivity contribution in [3.05, 3.63) is 0 Å². The van der Waals surface area contributed by atoms with E-state index < -0.39 is 89.3 Å². The Bertz CT molecular complexity index is 2320. The number of hydrogen-bond acceptors (Lipinski definition) is 22. The minimum atomic E-state index is -0.652. The highest BCUT2D eigenvalue weighted by Gasteiger charge is 2.66. The highest BCUT2D eigenvalue weighted by atomic mass is 16.7. The fourth-order valence-electron chi connectivity index (χ4n) is 10.6. The van der Waals surface area contributed by atoms with Gasteiger partial charge < -0.3 is 56.8 Å². The minimum Gasteiger partial charge on any atom is -0.458 e. The highest BCUT2D eigenvalue weighted by Crippen LogP contribution is 2.49. The van der Waals surface area contributed by atoms with Crippen LogP contribution in [0.1, 0.15) is 160 Å². The van der Waals surface area contributed by atoms with Crippen LogP contribution < -0.4 is 0 Å². The lowest BCUT2D eigenvalue weighted by molar-refractivity contribution is -0.172. The molecular weight excluding hydrogens is 1020 g/mol. The quantitative estimate of drug-likeness (QED) is 0.140. The Hall–Kier alpha value is -5.38. The number of ether oxygens (including phenoxy) is 12. The first-order chi connectivity index (χ1) is 36.5. The number of hydrogen-bond donors (Lipinski definition) is 0. The van der Waals surface area contributed by atoms with Gasteiger partial charge in [0, 0.05) is 12.8 Å². The van der Waals surface area contributed by atoms with E-state index in [2.05, 4.69) is 0 Å². The van der Waals surface area contributed by atoms with Crippen LogP contribution in [0.3, 0.4) is 0 Å². The van der Waals surface area contributed by atoms with Crippen molar-refractivity contribution in [1.82, 2.24) is 0 Å². The molecule has 8 aliphatic heterocycles. The monoisotopic (exact) mass is 1100 g/mol. The van der Waals surface area contributed by atoms with Crippen molar-refractivity contribution in [3.63, 3.8) is 0 Å². The molecule has 436 valence electrons. The molecule has 0 amide bonds. The Labute approximate surface area is 455 Å². The third-order valence-corrected chi connectivity index (χ3v) is 17.7. The van der Waals surface area contributed by atoms with Crippen LogP contribution in [0.2, 0.25) is 0 Å². The third-order valence-electron chi connectivity index (χ3n) is 17.7. The predicted molar refractivity (Wildman–Crippen MR) is 265 cm³/mol. The van der Waals surface area contributed by atoms with E-state index in [0.29, 0.717) is 57.8 Å². The zero-order chi connectivity index (χ0) is 57.4. The van der Waals surface area contributed by atoms with Gasteiger partial charge >= 0.3 is 59.7 Å². The van der Waals surface area contributed by atoms with E-state index in [0.717, 1.165) is 19.3 Å². The molecule has 0 radical (unpaired) electrons. The summed E-state index contributed by atoms with van der Waals surface area (Å²) in [6, 6.07) is 0. The average molecular weight is 1110 g/mol. The summed E-state index contributed by atoms with van der Waals surface area (Å²) in [5.41, 5.74) is -2.22. The summed E-state index contributed by atoms with van der Waals surface area (Å²) in [7, 11) is 0. The molecule has 22 nitrogen and oxygen atoms in total. The van der Waals surface area contributed by atoms with Crippen LogP contribution in [0.15, 0.2) is 0 Å². The van der Waals surface area contributed by atoms with Crippen molar-refractivity contribution in [2.75, 3.05) is 13.2 Å². The molecule has 78 heavy (non-hydrogen) atoms. The van der Waals surface area contributed by atoms with Crippen LogP contribution in [0.25, 0.3) is 0 Å². The van der Waals surface area contributed by atoms with Gasteiger partial charge in [0.1, 0.15) is 36.6 Å². The second-order valence-corrected chi connectivity index (χ2v) is 24.6. The summed E-state index contributed by atoms with van der Waals surface area (Å²) >= 11 is 0. The molecule has 0 aromatic carbocycles. The highest BCUT2D eigenvalue weighted by molar-refractivity contribution is 5.82. The van der Waals surface area contributed by atoms with Gasteiger partial charge in [0.25, 0.3) is 0 Å². The Kier molecular flexibility index (Phi) is 18.4. The summed E-state index contributed by atoms with van der Waals surface area (Å²) in [6.45, 7) is 21.3. The Balaban J connectivity index is 0.000000152. The molecule has 16 atom stereocenters. The molecule has 2 saturated carbocycles. The van der Waals surface area contributed by atoms with Crippen molar-refractivity contribution < 1.29 is 105 Å². The molecule has 8 saturated heterocycles. The fourth-order valence-corrected chi connectivity index (χ4v) is 10.6. The van der Waals surface area contributed by atoms with Crippen LogP contribution in [0, 0.1) is 45.3 Å². The zero-order valence-electron chi connectivity index (χ0n) is 47.1. The van der Waals surface area contributed by atoms with Gasteiger partial charge in [-0.1, -0.05) is 27.7 Å². The van der Waals surface area contributed by atoms with Crippen LogP contribution in [-0.4, -0.2) is 146 Å². The number of rotatable bonds is 16. The molecule has 2 aliphatic carbocycles. The third kappa shape index (κ3) is 12.9. The Morgan fingerprint density at radius 2 is 0.769 bits per heavy atom. The number of esters is 10. The summed E-state index contributed by atoms with van der Waals surface area (Å²) in [6.07, 6.45) is 3.81. The van der Waals surface area contributed by atoms with E-state index >= 15 is 0 Å². The van der Waals surface area contributed by atoms with Crippen LogP contribution >= 0.6 is 0 Å². The molecule has 8 heterocycles. The molecule has 8 bridgehead atoms. The van der Waals surface area contributed by atoms with Crippen molar-refractivity contribution in [1.29, 1.82) is 0 Å². The molecule has 0 spiro atoms. The van der Waals surface area contributed by atoms with Gasteiger partial charge in [0.15, 0.2) is 37.6 Å². The lowest BCUT2D eigenvalue weighted by Gasteiger charge is -2.29. The number of carbonyl (C=O) groups excluding carboxylic acids is 10. The minimum absolute atomic E-state index is 0.0362. The van der Waals surface area contributed by atoms with Crippen molar-refractivity contribution in [2.45, 2.75) is 233 Å². The summed E-state index contributed by atoms with van der Waals surface area (Å²) in [5, 5.41) is 0. The molecule has 0 aromatic rings. The Morgan fingerprint density at radius 3 is 1.18 bits per heavy atom. The van der Waals surface area contributed by atoms with E-state index in [1.807, 2.05) is 55.4 Å². The second-order valence-electron chi connectivity index (χ2n) is 24.6. The predicted octanol–water partition coefficient (Wildman–Crippen LogP) is 5.30. The van der Waals surface area contributed by atoms with Gasteiger partial charge in [-0.15, -0.1) is 0 Å². The standard InChI is InChI=1S/C15H20O7.C15H22O6.C13H18O5.C13H20O4/c1-4-15(2,3)14(18)19-6-9(16)21-11-8-5-7-10(20-8)12(11)22-13(7)17;1-4-15(2,3)14(18)19-8-12(16)20-10-6-5-9-7-11(10)21-13(9)17;1-4-13(2,3)12(15)18-9-7-5-6-8(16-7)10(9)17-11(6)14;1-4-13(2,3)12(15)17-9-6-5-8-7-10(9)16-11(8)14/h7-8,10-12H,4-6H2,1-3H3;9-11H,4-8H2,1-3H3;6-10H,4-5H2,1-3H3;8-10H,4-7H2,1-3H3. The molecule has 10 aliphatic rings. The maximum atomic E-state index is 12.1. The van der Waals surface area contributed by atoms with E-state index in [1.54, 1.807) is 27.7 Å². The van der Waals surface area contributed by atoms with Gasteiger partial charge in [-0.2, -0.15) is 0 Å². The maximum Gasteiger partial charge on any atom is 0.344 e. The molecule has 10 rings (SSSR count). The van der Waals surface area contributed by atoms with Crippen molar-refractivity contribution >= 4 is 59.7 Å². The summed E-state index contributed by atoms with van der Waals surface area (Å²) in [4.78, 5) is 117. The molecular formula is C56H80O22. The largest absolute Gasteiger partial charge is 0.458 e. The number of carbonyl (C=O) groups is 10. The topological polar surface area (TPSA) is 281 Å². The van der Waals surface area contributed by atoms with Gasteiger partial charge in [0.05, 0.1) is 57.5 Å². The first-order valence-electron chi connectivity index (χ1n) is 27.8. The van der Waals surface area contributed by atoms with E-state index in [4.69, 9.17) is 56.8 Å². The lowest BCUT2D eigenvalue weighted by Crippen LogP contribution is -2.42. The van der Waals surface area contributed by atoms with Crippen molar-refractivity contribution in [3.8, 4) is 0 Å². The smallest absolute Gasteiger partial charge is 0.344 e. The average Bonchev–Trinajstić information content (AvgIpc) is 4.31. The lowest BCUT2D eigenvalue weighted by atomic mass is 9.87. The van der Waals surface area contributed by atoms with Gasteiger partial charge in [0.2, 0.25) is 0 Å². The zero-order valence-corrected chi connectivity index (χ0v) is 47.1. The Morgan fingerprint density at radius 1 is 0.410 bits per heavy atom. The normalized spacial score (nSPS) is 34.0. The number of fused-ring (bicyclic) bond motifs is 6. The maximum absolute atomic E-state index is 12.1. The van der Waals surface area contributed by atoms with E-state index in [-0.39, 0.29) is 102 Å². The molecule has 22 heteroatoms. The fraction of sp³-hybridized carbons (Fsp3) is 0.821. The summed E-state index contributed by atoms with van der Waals surface area (Å²) in [5.74, 6) is -3.74. The molecule has 10 fully saturated rings. The van der Waals surface area contributed by atoms with Gasteiger partial charge in [-0.3, -0.25) is 38.4 Å². The first-order valence-corrected chi connectivity index (χ1v) is 27.8. The second kappa shape index (κ2) is 23.8. The van der Waals surface area contributed by atoms with Crippen LogP contribution in [0.5, 0.6) is 0 Å². The summed E-state index contributed by atoms with van der Waals surface area (Å²) < 4.78 is 63.7. The van der Waals surface area contributed by atoms with Gasteiger partial charge in [-0.05, 0) is 120 Å². The first kappa shape index (κ1) is 60.3. The van der Waals surface area contributed by atoms with E-state index in [1.165, 1.54) is 0 Å². The molecule has 16 unspecified atom stereocenters. The van der Waals surface area contributed by atoms with Crippen molar-refractivity contribution in [2.24, 2.45) is 45.3 Å². The van der Waals surface area contributed by atoms with E-state index in [9.17, 15) is 47.9 Å². The van der Waals surface area contributed by atoms with Crippen LogP contribution in [0.4, 0.5) is 0 Å². The molecule has 0 aromatic heterocycles.